The van der Waals surface area contributed by atoms with Crippen LogP contribution in [0.1, 0.15) is 33.6 Å². The second-order valence-electron chi connectivity index (χ2n) is 7.26. The van der Waals surface area contributed by atoms with Gasteiger partial charge in [0.05, 0.1) is 6.04 Å². The van der Waals surface area contributed by atoms with Crippen LogP contribution in [-0.2, 0) is 9.59 Å². The molecule has 132 valence electrons. The van der Waals surface area contributed by atoms with E-state index in [4.69, 9.17) is 15.8 Å². The van der Waals surface area contributed by atoms with E-state index >= 15 is 0 Å². The lowest BCUT2D eigenvalue weighted by Crippen LogP contribution is -2.53. The average molecular weight is 329 g/mol. The molecule has 0 aromatic carbocycles. The van der Waals surface area contributed by atoms with E-state index < -0.39 is 30.6 Å². The molecule has 0 unspecified atom stereocenters. The SMILES string of the molecule is CC(C)(C)[C@H](N)C(=O)N[C@H]1CN[C@H](C(=O)O)[C@@H]1CCCB(O)O. The van der Waals surface area contributed by atoms with Crippen molar-refractivity contribution < 1.29 is 24.7 Å². The Labute approximate surface area is 137 Å². The van der Waals surface area contributed by atoms with Crippen molar-refractivity contribution in [3.05, 3.63) is 0 Å². The van der Waals surface area contributed by atoms with Gasteiger partial charge in [0, 0.05) is 18.5 Å². The summed E-state index contributed by atoms with van der Waals surface area (Å²) in [6, 6.07) is -1.79. The molecule has 1 amide bonds. The van der Waals surface area contributed by atoms with Crippen molar-refractivity contribution in [1.29, 1.82) is 0 Å². The van der Waals surface area contributed by atoms with Gasteiger partial charge in [0.25, 0.3) is 0 Å². The minimum Gasteiger partial charge on any atom is -0.480 e. The van der Waals surface area contributed by atoms with Gasteiger partial charge >= 0.3 is 13.1 Å². The third kappa shape index (κ3) is 5.76. The summed E-state index contributed by atoms with van der Waals surface area (Å²) in [7, 11) is -1.41. The highest BCUT2D eigenvalue weighted by molar-refractivity contribution is 6.40. The highest BCUT2D eigenvalue weighted by Crippen LogP contribution is 2.24. The molecule has 4 atom stereocenters. The Morgan fingerprint density at radius 1 is 1.39 bits per heavy atom. The minimum atomic E-state index is -1.41. The Morgan fingerprint density at radius 2 is 2.00 bits per heavy atom. The Morgan fingerprint density at radius 3 is 2.48 bits per heavy atom. The molecule has 0 saturated carbocycles. The lowest BCUT2D eigenvalue weighted by molar-refractivity contribution is -0.140. The quantitative estimate of drug-likeness (QED) is 0.321. The predicted octanol–water partition coefficient (Wildman–Crippen LogP) is -1.23. The van der Waals surface area contributed by atoms with Crippen molar-refractivity contribution in [1.82, 2.24) is 10.6 Å². The normalized spacial score (nSPS) is 25.9. The van der Waals surface area contributed by atoms with Crippen LogP contribution in [-0.4, -0.2) is 58.8 Å². The molecule has 0 radical (unpaired) electrons. The van der Waals surface area contributed by atoms with Gasteiger partial charge in [-0.25, -0.2) is 0 Å². The average Bonchev–Trinajstić information content (AvgIpc) is 2.79. The van der Waals surface area contributed by atoms with Gasteiger partial charge in [0.15, 0.2) is 0 Å². The molecular formula is C14H28BN3O5. The van der Waals surface area contributed by atoms with E-state index in [0.717, 1.165) is 0 Å². The van der Waals surface area contributed by atoms with E-state index in [1.165, 1.54) is 0 Å². The second kappa shape index (κ2) is 8.10. The van der Waals surface area contributed by atoms with Crippen LogP contribution < -0.4 is 16.4 Å². The lowest BCUT2D eigenvalue weighted by atomic mass is 9.80. The summed E-state index contributed by atoms with van der Waals surface area (Å²) >= 11 is 0. The molecular weight excluding hydrogens is 301 g/mol. The predicted molar refractivity (Wildman–Crippen MR) is 86.5 cm³/mol. The van der Waals surface area contributed by atoms with Crippen LogP contribution in [0.25, 0.3) is 0 Å². The van der Waals surface area contributed by atoms with Gasteiger partial charge in [-0.2, -0.15) is 0 Å². The molecule has 1 heterocycles. The topological polar surface area (TPSA) is 145 Å². The van der Waals surface area contributed by atoms with Gasteiger partial charge in [-0.15, -0.1) is 0 Å². The number of carbonyl (C=O) groups is 2. The van der Waals surface area contributed by atoms with E-state index in [2.05, 4.69) is 10.6 Å². The summed E-state index contributed by atoms with van der Waals surface area (Å²) in [5.74, 6) is -1.60. The first-order valence-electron chi connectivity index (χ1n) is 7.92. The minimum absolute atomic E-state index is 0.172. The molecule has 7 N–H and O–H groups in total. The smallest absolute Gasteiger partial charge is 0.451 e. The van der Waals surface area contributed by atoms with Gasteiger partial charge in [-0.3, -0.25) is 9.59 Å². The number of carboxylic acid groups (broad SMARTS) is 1. The van der Waals surface area contributed by atoms with Crippen molar-refractivity contribution in [2.75, 3.05) is 6.54 Å². The molecule has 1 rings (SSSR count). The Bertz CT molecular complexity index is 427. The van der Waals surface area contributed by atoms with Crippen LogP contribution >= 0.6 is 0 Å². The zero-order valence-electron chi connectivity index (χ0n) is 14.0. The molecule has 1 aliphatic heterocycles. The molecule has 1 saturated heterocycles. The summed E-state index contributed by atoms with van der Waals surface area (Å²) < 4.78 is 0. The summed E-state index contributed by atoms with van der Waals surface area (Å²) in [6.45, 7) is 5.95. The van der Waals surface area contributed by atoms with Gasteiger partial charge in [-0.05, 0) is 18.2 Å². The maximum atomic E-state index is 12.3. The molecule has 0 aromatic heterocycles. The number of rotatable bonds is 7. The van der Waals surface area contributed by atoms with E-state index in [1.54, 1.807) is 0 Å². The number of amides is 1. The number of hydrogen-bond donors (Lipinski definition) is 6. The molecule has 0 aromatic rings. The van der Waals surface area contributed by atoms with E-state index in [-0.39, 0.29) is 24.2 Å². The van der Waals surface area contributed by atoms with Crippen molar-refractivity contribution in [3.8, 4) is 0 Å². The summed E-state index contributed by atoms with van der Waals surface area (Å²) in [5.41, 5.74) is 5.55. The van der Waals surface area contributed by atoms with Crippen molar-refractivity contribution in [3.63, 3.8) is 0 Å². The van der Waals surface area contributed by atoms with Crippen LogP contribution in [0.5, 0.6) is 0 Å². The van der Waals surface area contributed by atoms with Crippen molar-refractivity contribution >= 4 is 19.0 Å². The highest BCUT2D eigenvalue weighted by Gasteiger charge is 2.41. The molecule has 9 heteroatoms. The lowest BCUT2D eigenvalue weighted by Gasteiger charge is -2.29. The zero-order chi connectivity index (χ0) is 17.8. The molecule has 0 bridgehead atoms. The highest BCUT2D eigenvalue weighted by atomic mass is 16.4. The van der Waals surface area contributed by atoms with E-state index in [0.29, 0.717) is 19.4 Å². The molecule has 1 aliphatic rings. The van der Waals surface area contributed by atoms with Gasteiger partial charge in [0.1, 0.15) is 6.04 Å². The number of aliphatic carboxylic acids is 1. The number of carbonyl (C=O) groups excluding carboxylic acids is 1. The van der Waals surface area contributed by atoms with Crippen LogP contribution in [0.2, 0.25) is 6.32 Å². The number of nitrogens with two attached hydrogens (primary N) is 1. The first kappa shape index (κ1) is 19.9. The van der Waals surface area contributed by atoms with Crippen LogP contribution in [0.15, 0.2) is 0 Å². The first-order chi connectivity index (χ1) is 10.5. The van der Waals surface area contributed by atoms with E-state index in [1.807, 2.05) is 20.8 Å². The molecule has 0 aliphatic carbocycles. The maximum absolute atomic E-state index is 12.3. The third-order valence-corrected chi connectivity index (χ3v) is 4.31. The Balaban J connectivity index is 2.71. The van der Waals surface area contributed by atoms with Crippen LogP contribution in [0.4, 0.5) is 0 Å². The molecule has 8 nitrogen and oxygen atoms in total. The molecule has 23 heavy (non-hydrogen) atoms. The fraction of sp³-hybridized carbons (Fsp3) is 0.857. The number of hydrogen-bond acceptors (Lipinski definition) is 6. The fourth-order valence-corrected chi connectivity index (χ4v) is 2.79. The second-order valence-corrected chi connectivity index (χ2v) is 7.26. The largest absolute Gasteiger partial charge is 0.480 e. The van der Waals surface area contributed by atoms with Crippen molar-refractivity contribution in [2.24, 2.45) is 17.1 Å². The monoisotopic (exact) mass is 329 g/mol. The zero-order valence-corrected chi connectivity index (χ0v) is 14.0. The van der Waals surface area contributed by atoms with Gasteiger partial charge < -0.3 is 31.5 Å². The summed E-state index contributed by atoms with van der Waals surface area (Å²) in [5, 5.41) is 32.8. The van der Waals surface area contributed by atoms with Gasteiger partial charge in [-0.1, -0.05) is 27.2 Å². The Kier molecular flexibility index (Phi) is 7.00. The molecule has 1 fully saturated rings. The Hall–Kier alpha value is -1.16. The van der Waals surface area contributed by atoms with Crippen LogP contribution in [0.3, 0.4) is 0 Å². The van der Waals surface area contributed by atoms with E-state index in [9.17, 15) is 14.7 Å². The van der Waals surface area contributed by atoms with Crippen molar-refractivity contribution in [2.45, 2.75) is 58.1 Å². The summed E-state index contributed by atoms with van der Waals surface area (Å²) in [4.78, 5) is 23.6. The first-order valence-corrected chi connectivity index (χ1v) is 7.92. The van der Waals surface area contributed by atoms with Gasteiger partial charge in [0.2, 0.25) is 5.91 Å². The third-order valence-electron chi connectivity index (χ3n) is 4.31. The molecule has 0 spiro atoms. The number of nitrogens with one attached hydrogen (secondary N) is 2. The summed E-state index contributed by atoms with van der Waals surface area (Å²) in [6.07, 6.45) is 1.10. The number of carboxylic acids is 1. The fourth-order valence-electron chi connectivity index (χ4n) is 2.79. The maximum Gasteiger partial charge on any atom is 0.451 e. The van der Waals surface area contributed by atoms with Crippen LogP contribution in [0, 0.1) is 11.3 Å². The standard InChI is InChI=1S/C14H28BN3O5/c1-14(2,3)11(16)12(19)18-9-7-17-10(13(20)21)8(9)5-4-6-15(22)23/h8-11,17,22-23H,4-7,16H2,1-3H3,(H,18,19)(H,20,21)/t8-,9+,10+,11-/m1/s1.